The second kappa shape index (κ2) is 5.29. The van der Waals surface area contributed by atoms with Crippen molar-refractivity contribution in [1.29, 1.82) is 0 Å². The van der Waals surface area contributed by atoms with E-state index in [1.807, 2.05) is 24.3 Å². The third-order valence-electron chi connectivity index (χ3n) is 3.90. The zero-order valence-corrected chi connectivity index (χ0v) is 11.8. The van der Waals surface area contributed by atoms with Crippen LogP contribution in [0, 0.1) is 0 Å². The first-order valence-electron chi connectivity index (χ1n) is 6.85. The van der Waals surface area contributed by atoms with E-state index in [1.165, 1.54) is 0 Å². The Morgan fingerprint density at radius 2 is 1.95 bits per heavy atom. The average Bonchev–Trinajstić information content (AvgIpc) is 3.18. The molecule has 0 unspecified atom stereocenters. The standard InChI is InChI=1S/C15H18N2O4/c1-20-11-4-2-10(3-5-11)8-21-9-15(6-7-15)12-13(18)17-14(19)16-12/h2-5,18H,6-9H2,1H3,(H2,16,17,19). The molecule has 2 aromatic rings. The van der Waals surface area contributed by atoms with Crippen molar-refractivity contribution < 1.29 is 14.6 Å². The van der Waals surface area contributed by atoms with Crippen LogP contribution in [-0.2, 0) is 16.8 Å². The van der Waals surface area contributed by atoms with Crippen LogP contribution in [0.5, 0.6) is 11.6 Å². The van der Waals surface area contributed by atoms with Crippen LogP contribution < -0.4 is 10.4 Å². The summed E-state index contributed by atoms with van der Waals surface area (Å²) in [5.74, 6) is 0.734. The smallest absolute Gasteiger partial charge is 0.325 e. The predicted molar refractivity (Wildman–Crippen MR) is 76.6 cm³/mol. The molecule has 112 valence electrons. The maximum Gasteiger partial charge on any atom is 0.325 e. The Hall–Kier alpha value is -2.21. The molecule has 1 heterocycles. The quantitative estimate of drug-likeness (QED) is 0.755. The van der Waals surface area contributed by atoms with Gasteiger partial charge in [-0.1, -0.05) is 12.1 Å². The van der Waals surface area contributed by atoms with Crippen molar-refractivity contribution in [3.63, 3.8) is 0 Å². The minimum Gasteiger partial charge on any atom is -0.497 e. The Kier molecular flexibility index (Phi) is 3.47. The van der Waals surface area contributed by atoms with Gasteiger partial charge in [0.15, 0.2) is 0 Å². The Morgan fingerprint density at radius 1 is 1.24 bits per heavy atom. The highest BCUT2D eigenvalue weighted by Crippen LogP contribution is 2.49. The second-order valence-electron chi connectivity index (χ2n) is 5.42. The number of aromatic hydroxyl groups is 1. The monoisotopic (exact) mass is 290 g/mol. The molecule has 0 amide bonds. The Labute approximate surface area is 121 Å². The van der Waals surface area contributed by atoms with Crippen molar-refractivity contribution in [1.82, 2.24) is 9.97 Å². The van der Waals surface area contributed by atoms with E-state index in [0.29, 0.717) is 18.9 Å². The SMILES string of the molecule is COc1ccc(COCC2(c3[nH]c(=O)[nH]c3O)CC2)cc1. The highest BCUT2D eigenvalue weighted by molar-refractivity contribution is 5.32. The van der Waals surface area contributed by atoms with E-state index in [9.17, 15) is 9.90 Å². The van der Waals surface area contributed by atoms with Crippen LogP contribution in [0.3, 0.4) is 0 Å². The van der Waals surface area contributed by atoms with Gasteiger partial charge in [0, 0.05) is 5.41 Å². The number of H-pyrrole nitrogens is 2. The molecule has 1 aliphatic rings. The van der Waals surface area contributed by atoms with Crippen LogP contribution in [0.25, 0.3) is 0 Å². The molecule has 0 aliphatic heterocycles. The van der Waals surface area contributed by atoms with Crippen LogP contribution in [0.15, 0.2) is 29.1 Å². The van der Waals surface area contributed by atoms with Gasteiger partial charge in [0.1, 0.15) is 5.75 Å². The predicted octanol–water partition coefficient (Wildman–Crippen LogP) is 1.67. The van der Waals surface area contributed by atoms with Crippen molar-refractivity contribution in [3.05, 3.63) is 46.0 Å². The molecule has 0 bridgehead atoms. The van der Waals surface area contributed by atoms with Crippen molar-refractivity contribution in [3.8, 4) is 11.6 Å². The Balaban J connectivity index is 1.60. The molecular formula is C15H18N2O4. The van der Waals surface area contributed by atoms with Gasteiger partial charge in [0.25, 0.3) is 0 Å². The van der Waals surface area contributed by atoms with Gasteiger partial charge >= 0.3 is 5.69 Å². The molecule has 1 fully saturated rings. The molecule has 21 heavy (non-hydrogen) atoms. The van der Waals surface area contributed by atoms with Gasteiger partial charge in [-0.05, 0) is 30.5 Å². The van der Waals surface area contributed by atoms with Crippen LogP contribution in [-0.4, -0.2) is 28.8 Å². The summed E-state index contributed by atoms with van der Waals surface area (Å²) in [6, 6.07) is 7.68. The Morgan fingerprint density at radius 3 is 2.48 bits per heavy atom. The zero-order chi connectivity index (χ0) is 14.9. The molecule has 1 aromatic carbocycles. The van der Waals surface area contributed by atoms with Crippen molar-refractivity contribution in [2.24, 2.45) is 0 Å². The van der Waals surface area contributed by atoms with Crippen LogP contribution in [0.1, 0.15) is 24.1 Å². The third kappa shape index (κ3) is 2.80. The van der Waals surface area contributed by atoms with Crippen LogP contribution in [0.4, 0.5) is 0 Å². The topological polar surface area (TPSA) is 87.3 Å². The summed E-state index contributed by atoms with van der Waals surface area (Å²) in [6.45, 7) is 0.960. The van der Waals surface area contributed by atoms with Gasteiger partial charge in [0.2, 0.25) is 5.88 Å². The lowest BCUT2D eigenvalue weighted by molar-refractivity contribution is 0.0986. The molecule has 1 saturated carbocycles. The lowest BCUT2D eigenvalue weighted by Crippen LogP contribution is -2.17. The number of methoxy groups -OCH3 is 1. The lowest BCUT2D eigenvalue weighted by Gasteiger charge is -2.14. The second-order valence-corrected chi connectivity index (χ2v) is 5.42. The first kappa shape index (κ1) is 13.8. The number of ether oxygens (including phenoxy) is 2. The van der Waals surface area contributed by atoms with E-state index in [1.54, 1.807) is 7.11 Å². The van der Waals surface area contributed by atoms with E-state index in [0.717, 1.165) is 24.2 Å². The molecule has 3 N–H and O–H groups in total. The number of benzene rings is 1. The third-order valence-corrected chi connectivity index (χ3v) is 3.90. The van der Waals surface area contributed by atoms with Crippen molar-refractivity contribution in [2.45, 2.75) is 24.9 Å². The van der Waals surface area contributed by atoms with E-state index in [-0.39, 0.29) is 17.0 Å². The summed E-state index contributed by atoms with van der Waals surface area (Å²) in [5, 5.41) is 9.72. The highest BCUT2D eigenvalue weighted by atomic mass is 16.5. The van der Waals surface area contributed by atoms with E-state index >= 15 is 0 Å². The minimum atomic E-state index is -0.385. The molecule has 1 aromatic heterocycles. The normalized spacial score (nSPS) is 15.9. The minimum absolute atomic E-state index is 0.0782. The Bertz CT molecular complexity index is 668. The summed E-state index contributed by atoms with van der Waals surface area (Å²) in [7, 11) is 1.63. The number of hydrogen-bond donors (Lipinski definition) is 3. The van der Waals surface area contributed by atoms with E-state index in [2.05, 4.69) is 9.97 Å². The molecule has 0 saturated heterocycles. The largest absolute Gasteiger partial charge is 0.497 e. The van der Waals surface area contributed by atoms with Crippen LogP contribution >= 0.6 is 0 Å². The molecule has 0 spiro atoms. The van der Waals surface area contributed by atoms with Gasteiger partial charge < -0.3 is 19.6 Å². The summed E-state index contributed by atoms with van der Waals surface area (Å²) in [6.07, 6.45) is 1.80. The maximum atomic E-state index is 11.2. The van der Waals surface area contributed by atoms with Gasteiger partial charge in [-0.15, -0.1) is 0 Å². The van der Waals surface area contributed by atoms with Gasteiger partial charge in [0.05, 0.1) is 26.0 Å². The molecular weight excluding hydrogens is 272 g/mol. The molecule has 0 radical (unpaired) electrons. The van der Waals surface area contributed by atoms with E-state index in [4.69, 9.17) is 9.47 Å². The first-order chi connectivity index (χ1) is 10.1. The fourth-order valence-corrected chi connectivity index (χ4v) is 2.46. The van der Waals surface area contributed by atoms with Crippen molar-refractivity contribution in [2.75, 3.05) is 13.7 Å². The number of rotatable bonds is 6. The zero-order valence-electron chi connectivity index (χ0n) is 11.8. The average molecular weight is 290 g/mol. The first-order valence-corrected chi connectivity index (χ1v) is 6.85. The molecule has 6 heteroatoms. The summed E-state index contributed by atoms with van der Waals surface area (Å²) in [4.78, 5) is 16.2. The number of nitrogens with one attached hydrogen (secondary N) is 2. The van der Waals surface area contributed by atoms with Gasteiger partial charge in [-0.25, -0.2) is 4.79 Å². The van der Waals surface area contributed by atoms with Gasteiger partial charge in [-0.2, -0.15) is 0 Å². The molecule has 3 rings (SSSR count). The van der Waals surface area contributed by atoms with E-state index < -0.39 is 0 Å². The fraction of sp³-hybridized carbons (Fsp3) is 0.400. The summed E-state index contributed by atoms with van der Waals surface area (Å²) in [5.41, 5.74) is 0.972. The highest BCUT2D eigenvalue weighted by Gasteiger charge is 2.48. The van der Waals surface area contributed by atoms with Crippen molar-refractivity contribution >= 4 is 0 Å². The lowest BCUT2D eigenvalue weighted by atomic mass is 10.0. The fourth-order valence-electron chi connectivity index (χ4n) is 2.46. The molecule has 6 nitrogen and oxygen atoms in total. The number of aromatic amines is 2. The maximum absolute atomic E-state index is 11.2. The molecule has 1 aliphatic carbocycles. The number of aromatic nitrogens is 2. The summed E-state index contributed by atoms with van der Waals surface area (Å²) >= 11 is 0. The number of imidazole rings is 1. The van der Waals surface area contributed by atoms with Crippen LogP contribution in [0.2, 0.25) is 0 Å². The number of hydrogen-bond acceptors (Lipinski definition) is 4. The molecule has 0 atom stereocenters. The summed E-state index contributed by atoms with van der Waals surface area (Å²) < 4.78 is 10.9. The van der Waals surface area contributed by atoms with Gasteiger partial charge in [-0.3, -0.25) is 4.98 Å².